The molecular formula is C10H22N2O. The van der Waals surface area contributed by atoms with E-state index in [1.165, 1.54) is 0 Å². The van der Waals surface area contributed by atoms with Crippen LogP contribution in [0.2, 0.25) is 0 Å². The molecule has 0 aromatic rings. The molecule has 0 aromatic heterocycles. The first-order valence-corrected chi connectivity index (χ1v) is 5.18. The third kappa shape index (κ3) is 3.25. The van der Waals surface area contributed by atoms with Crippen LogP contribution in [0.5, 0.6) is 0 Å². The van der Waals surface area contributed by atoms with Gasteiger partial charge in [0.2, 0.25) is 0 Å². The zero-order valence-electron chi connectivity index (χ0n) is 8.79. The van der Waals surface area contributed by atoms with Crippen LogP contribution >= 0.6 is 0 Å². The van der Waals surface area contributed by atoms with Crippen molar-refractivity contribution in [2.75, 3.05) is 26.2 Å². The molecule has 0 spiro atoms. The van der Waals surface area contributed by atoms with Crippen LogP contribution in [0.4, 0.5) is 0 Å². The molecule has 1 rings (SSSR count). The lowest BCUT2D eigenvalue weighted by Crippen LogP contribution is -2.53. The maximum atomic E-state index is 9.07. The van der Waals surface area contributed by atoms with Gasteiger partial charge in [-0.05, 0) is 31.8 Å². The number of hydrogen-bond donors (Lipinski definition) is 2. The fourth-order valence-corrected chi connectivity index (χ4v) is 1.86. The van der Waals surface area contributed by atoms with E-state index in [0.29, 0.717) is 0 Å². The number of nitrogens with zero attached hydrogens (tertiary/aromatic N) is 1. The van der Waals surface area contributed by atoms with Crippen LogP contribution in [-0.4, -0.2) is 41.8 Å². The van der Waals surface area contributed by atoms with E-state index in [2.05, 4.69) is 18.7 Å². The van der Waals surface area contributed by atoms with Crippen LogP contribution in [0.25, 0.3) is 0 Å². The normalized spacial score (nSPS) is 23.8. The summed E-state index contributed by atoms with van der Waals surface area (Å²) in [5.41, 5.74) is 5.68. The van der Waals surface area contributed by atoms with Crippen LogP contribution in [0.1, 0.15) is 26.7 Å². The Bertz CT molecular complexity index is 151. The number of rotatable bonds is 3. The van der Waals surface area contributed by atoms with Gasteiger partial charge in [-0.2, -0.15) is 0 Å². The predicted octanol–water partition coefficient (Wildman–Crippen LogP) is 0.428. The highest BCUT2D eigenvalue weighted by Gasteiger charge is 2.29. The molecule has 1 heterocycles. The Kier molecular flexibility index (Phi) is 3.71. The molecule has 0 bridgehead atoms. The minimum atomic E-state index is -0.298. The molecule has 13 heavy (non-hydrogen) atoms. The van der Waals surface area contributed by atoms with E-state index in [4.69, 9.17) is 10.8 Å². The van der Waals surface area contributed by atoms with Gasteiger partial charge in [-0.25, -0.2) is 0 Å². The summed E-state index contributed by atoms with van der Waals surface area (Å²) in [5, 5.41) is 9.07. The van der Waals surface area contributed by atoms with Crippen LogP contribution in [0.3, 0.4) is 0 Å². The summed E-state index contributed by atoms with van der Waals surface area (Å²) in [6.07, 6.45) is 1.85. The van der Waals surface area contributed by atoms with E-state index in [1.54, 1.807) is 0 Å². The van der Waals surface area contributed by atoms with Crippen LogP contribution in [0, 0.1) is 5.92 Å². The molecular weight excluding hydrogens is 164 g/mol. The summed E-state index contributed by atoms with van der Waals surface area (Å²) in [4.78, 5) is 2.44. The first-order chi connectivity index (χ1) is 6.06. The van der Waals surface area contributed by atoms with Gasteiger partial charge in [0.1, 0.15) is 0 Å². The van der Waals surface area contributed by atoms with Crippen molar-refractivity contribution in [1.29, 1.82) is 0 Å². The Morgan fingerprint density at radius 2 is 1.92 bits per heavy atom. The van der Waals surface area contributed by atoms with E-state index in [1.807, 2.05) is 0 Å². The van der Waals surface area contributed by atoms with Gasteiger partial charge in [0.15, 0.2) is 0 Å². The Hall–Kier alpha value is -0.120. The van der Waals surface area contributed by atoms with Crippen molar-refractivity contribution in [2.24, 2.45) is 11.7 Å². The summed E-state index contributed by atoms with van der Waals surface area (Å²) in [7, 11) is 0. The fraction of sp³-hybridized carbons (Fsp3) is 1.00. The zero-order chi connectivity index (χ0) is 9.90. The van der Waals surface area contributed by atoms with Crippen LogP contribution < -0.4 is 5.73 Å². The number of hydrogen-bond acceptors (Lipinski definition) is 3. The first-order valence-electron chi connectivity index (χ1n) is 5.18. The van der Waals surface area contributed by atoms with E-state index in [-0.39, 0.29) is 12.1 Å². The summed E-state index contributed by atoms with van der Waals surface area (Å²) in [6.45, 7) is 7.82. The number of aliphatic hydroxyl groups excluding tert-OH is 1. The molecule has 1 aliphatic rings. The average molecular weight is 186 g/mol. The highest BCUT2D eigenvalue weighted by Crippen LogP contribution is 2.19. The van der Waals surface area contributed by atoms with Crippen molar-refractivity contribution in [3.8, 4) is 0 Å². The number of likely N-dealkylation sites (tertiary alicyclic amines) is 1. The van der Waals surface area contributed by atoms with Crippen molar-refractivity contribution in [1.82, 2.24) is 4.90 Å². The lowest BCUT2D eigenvalue weighted by atomic mass is 9.89. The third-order valence-corrected chi connectivity index (χ3v) is 2.79. The predicted molar refractivity (Wildman–Crippen MR) is 54.5 cm³/mol. The van der Waals surface area contributed by atoms with Crippen molar-refractivity contribution in [3.63, 3.8) is 0 Å². The fourth-order valence-electron chi connectivity index (χ4n) is 1.86. The number of aliphatic hydroxyl groups is 1. The van der Waals surface area contributed by atoms with Crippen LogP contribution in [-0.2, 0) is 0 Å². The quantitative estimate of drug-likeness (QED) is 0.672. The first kappa shape index (κ1) is 11.0. The molecule has 3 heteroatoms. The molecule has 0 saturated carbocycles. The second kappa shape index (κ2) is 4.40. The van der Waals surface area contributed by atoms with Gasteiger partial charge in [0, 0.05) is 12.1 Å². The summed E-state index contributed by atoms with van der Waals surface area (Å²) in [6, 6.07) is 0. The zero-order valence-corrected chi connectivity index (χ0v) is 8.79. The molecule has 3 nitrogen and oxygen atoms in total. The van der Waals surface area contributed by atoms with E-state index in [0.717, 1.165) is 38.4 Å². The maximum Gasteiger partial charge on any atom is 0.0612 e. The van der Waals surface area contributed by atoms with Crippen molar-refractivity contribution in [2.45, 2.75) is 32.2 Å². The van der Waals surface area contributed by atoms with Crippen molar-refractivity contribution >= 4 is 0 Å². The summed E-state index contributed by atoms with van der Waals surface area (Å²) in [5.74, 6) is 0.722. The highest BCUT2D eigenvalue weighted by molar-refractivity contribution is 4.89. The molecule has 0 atom stereocenters. The van der Waals surface area contributed by atoms with Gasteiger partial charge in [0.05, 0.1) is 6.61 Å². The molecule has 1 fully saturated rings. The summed E-state index contributed by atoms with van der Waals surface area (Å²) < 4.78 is 0. The Morgan fingerprint density at radius 1 is 1.38 bits per heavy atom. The van der Waals surface area contributed by atoms with E-state index in [9.17, 15) is 0 Å². The Balaban J connectivity index is 2.30. The molecule has 0 unspecified atom stereocenters. The van der Waals surface area contributed by atoms with Gasteiger partial charge in [-0.15, -0.1) is 0 Å². The molecule has 0 amide bonds. The van der Waals surface area contributed by atoms with Gasteiger partial charge >= 0.3 is 0 Å². The maximum absolute atomic E-state index is 9.07. The lowest BCUT2D eigenvalue weighted by Gasteiger charge is -2.38. The molecule has 0 aliphatic carbocycles. The SMILES string of the molecule is CC(C)CN1CCC(N)(CO)CC1. The highest BCUT2D eigenvalue weighted by atomic mass is 16.3. The molecule has 78 valence electrons. The number of piperidine rings is 1. The van der Waals surface area contributed by atoms with Crippen molar-refractivity contribution < 1.29 is 5.11 Å². The van der Waals surface area contributed by atoms with Gasteiger partial charge < -0.3 is 15.7 Å². The Labute approximate surface area is 80.9 Å². The summed E-state index contributed by atoms with van der Waals surface area (Å²) >= 11 is 0. The van der Waals surface area contributed by atoms with E-state index < -0.39 is 0 Å². The molecule has 1 saturated heterocycles. The third-order valence-electron chi connectivity index (χ3n) is 2.79. The van der Waals surface area contributed by atoms with Gasteiger partial charge in [-0.3, -0.25) is 0 Å². The standard InChI is InChI=1S/C10H22N2O/c1-9(2)7-12-5-3-10(11,8-13)4-6-12/h9,13H,3-8,11H2,1-2H3. The molecule has 0 aromatic carbocycles. The van der Waals surface area contributed by atoms with Crippen molar-refractivity contribution in [3.05, 3.63) is 0 Å². The van der Waals surface area contributed by atoms with E-state index >= 15 is 0 Å². The van der Waals surface area contributed by atoms with Crippen LogP contribution in [0.15, 0.2) is 0 Å². The molecule has 1 aliphatic heterocycles. The lowest BCUT2D eigenvalue weighted by molar-refractivity contribution is 0.0995. The number of nitrogens with two attached hydrogens (primary N) is 1. The molecule has 0 radical (unpaired) electrons. The van der Waals surface area contributed by atoms with Gasteiger partial charge in [0.25, 0.3) is 0 Å². The second-order valence-corrected chi connectivity index (χ2v) is 4.71. The smallest absolute Gasteiger partial charge is 0.0612 e. The molecule has 3 N–H and O–H groups in total. The second-order valence-electron chi connectivity index (χ2n) is 4.71. The Morgan fingerprint density at radius 3 is 2.31 bits per heavy atom. The largest absolute Gasteiger partial charge is 0.394 e. The topological polar surface area (TPSA) is 49.5 Å². The minimum Gasteiger partial charge on any atom is -0.394 e. The minimum absolute atomic E-state index is 0.127. The monoisotopic (exact) mass is 186 g/mol. The van der Waals surface area contributed by atoms with Gasteiger partial charge in [-0.1, -0.05) is 13.8 Å². The average Bonchev–Trinajstić information content (AvgIpc) is 2.09.